The van der Waals surface area contributed by atoms with Crippen molar-refractivity contribution >= 4 is 11.7 Å². The highest BCUT2D eigenvalue weighted by Gasteiger charge is 2.41. The van der Waals surface area contributed by atoms with Gasteiger partial charge in [-0.1, -0.05) is 0 Å². The molecule has 0 fully saturated rings. The summed E-state index contributed by atoms with van der Waals surface area (Å²) < 4.78 is 58.4. The maximum Gasteiger partial charge on any atom is 0.340 e. The van der Waals surface area contributed by atoms with E-state index in [0.717, 1.165) is 12.3 Å². The summed E-state index contributed by atoms with van der Waals surface area (Å²) in [4.78, 5) is 15.0. The summed E-state index contributed by atoms with van der Waals surface area (Å²) in [5.41, 5.74) is 5.28. The molecule has 112 valence electrons. The first kappa shape index (κ1) is 16.0. The van der Waals surface area contributed by atoms with Crippen molar-refractivity contribution in [3.63, 3.8) is 0 Å². The zero-order valence-corrected chi connectivity index (χ0v) is 10.4. The van der Waals surface area contributed by atoms with Crippen molar-refractivity contribution in [2.45, 2.75) is 19.3 Å². The van der Waals surface area contributed by atoms with Crippen LogP contribution in [0.4, 0.5) is 23.2 Å². The number of carbonyl (C=O) groups is 1. The average molecular weight is 296 g/mol. The minimum Gasteiger partial charge on any atom is -0.471 e. The lowest BCUT2D eigenvalue weighted by atomic mass is 10.2. The zero-order valence-electron chi connectivity index (χ0n) is 10.4. The van der Waals surface area contributed by atoms with E-state index in [1.54, 1.807) is 6.92 Å². The molecule has 0 aromatic carbocycles. The standard InChI is InChI=1S/C11H12F4N2O3/c1-2-19-9(18)6-3-8(17-4-7(6)16)20-5-11(14,15)10(12)13/h3-4,10H,2,5,16H2,1H3. The van der Waals surface area contributed by atoms with E-state index in [4.69, 9.17) is 5.73 Å². The van der Waals surface area contributed by atoms with Gasteiger partial charge in [0.25, 0.3) is 0 Å². The molecule has 1 aromatic heterocycles. The Morgan fingerprint density at radius 2 is 2.15 bits per heavy atom. The average Bonchev–Trinajstić information content (AvgIpc) is 2.37. The Morgan fingerprint density at radius 1 is 1.50 bits per heavy atom. The van der Waals surface area contributed by atoms with E-state index in [9.17, 15) is 22.4 Å². The molecule has 1 heterocycles. The van der Waals surface area contributed by atoms with Crippen molar-refractivity contribution in [1.82, 2.24) is 4.98 Å². The molecule has 0 aliphatic carbocycles. The van der Waals surface area contributed by atoms with Crippen molar-refractivity contribution in [3.8, 4) is 5.88 Å². The Kier molecular flexibility index (Phi) is 5.12. The van der Waals surface area contributed by atoms with Gasteiger partial charge in [0.15, 0.2) is 6.61 Å². The first-order valence-electron chi connectivity index (χ1n) is 5.49. The normalized spacial score (nSPS) is 11.5. The highest BCUT2D eigenvalue weighted by molar-refractivity contribution is 5.95. The summed E-state index contributed by atoms with van der Waals surface area (Å²) in [6.45, 7) is 0.0833. The third-order valence-corrected chi connectivity index (χ3v) is 2.14. The van der Waals surface area contributed by atoms with E-state index in [0.29, 0.717) is 0 Å². The van der Waals surface area contributed by atoms with Gasteiger partial charge in [0.1, 0.15) is 0 Å². The van der Waals surface area contributed by atoms with Gasteiger partial charge in [0.2, 0.25) is 5.88 Å². The van der Waals surface area contributed by atoms with Crippen LogP contribution in [0.25, 0.3) is 0 Å². The first-order chi connectivity index (χ1) is 9.27. The molecule has 0 saturated heterocycles. The third-order valence-electron chi connectivity index (χ3n) is 2.14. The number of nitrogens with two attached hydrogens (primary N) is 1. The first-order valence-corrected chi connectivity index (χ1v) is 5.49. The SMILES string of the molecule is CCOC(=O)c1cc(OCC(F)(F)C(F)F)ncc1N. The Bertz CT molecular complexity index is 483. The smallest absolute Gasteiger partial charge is 0.340 e. The number of anilines is 1. The van der Waals surface area contributed by atoms with E-state index in [1.165, 1.54) is 0 Å². The van der Waals surface area contributed by atoms with Crippen LogP contribution in [0.5, 0.6) is 5.88 Å². The van der Waals surface area contributed by atoms with Crippen molar-refractivity contribution < 1.29 is 31.8 Å². The number of carbonyl (C=O) groups excluding carboxylic acids is 1. The molecule has 5 nitrogen and oxygen atoms in total. The van der Waals surface area contributed by atoms with Crippen LogP contribution >= 0.6 is 0 Å². The van der Waals surface area contributed by atoms with Gasteiger partial charge < -0.3 is 15.2 Å². The van der Waals surface area contributed by atoms with Crippen LogP contribution in [-0.2, 0) is 4.74 Å². The molecule has 1 rings (SSSR count). The molecule has 20 heavy (non-hydrogen) atoms. The summed E-state index contributed by atoms with van der Waals surface area (Å²) in [5, 5.41) is 0. The molecule has 0 aliphatic heterocycles. The molecule has 0 radical (unpaired) electrons. The molecule has 2 N–H and O–H groups in total. The van der Waals surface area contributed by atoms with Crippen LogP contribution < -0.4 is 10.5 Å². The molecule has 0 amide bonds. The number of ether oxygens (including phenoxy) is 2. The van der Waals surface area contributed by atoms with Gasteiger partial charge in [-0.05, 0) is 6.92 Å². The zero-order chi connectivity index (χ0) is 15.3. The van der Waals surface area contributed by atoms with Crippen LogP contribution in [0.3, 0.4) is 0 Å². The third kappa shape index (κ3) is 3.97. The Morgan fingerprint density at radius 3 is 2.70 bits per heavy atom. The van der Waals surface area contributed by atoms with Gasteiger partial charge in [-0.15, -0.1) is 0 Å². The highest BCUT2D eigenvalue weighted by Crippen LogP contribution is 2.24. The van der Waals surface area contributed by atoms with Crippen LogP contribution in [0.15, 0.2) is 12.3 Å². The number of aromatic nitrogens is 1. The largest absolute Gasteiger partial charge is 0.471 e. The number of esters is 1. The number of alkyl halides is 4. The van der Waals surface area contributed by atoms with Crippen molar-refractivity contribution in [3.05, 3.63) is 17.8 Å². The predicted octanol–water partition coefficient (Wildman–Crippen LogP) is 2.12. The molecule has 1 aromatic rings. The van der Waals surface area contributed by atoms with Crippen molar-refractivity contribution in [2.24, 2.45) is 0 Å². The predicted molar refractivity (Wildman–Crippen MR) is 61.1 cm³/mol. The molecular weight excluding hydrogens is 284 g/mol. The fourth-order valence-electron chi connectivity index (χ4n) is 1.14. The van der Waals surface area contributed by atoms with E-state index < -0.39 is 30.8 Å². The quantitative estimate of drug-likeness (QED) is 0.643. The number of hydrogen-bond acceptors (Lipinski definition) is 5. The second-order valence-corrected chi connectivity index (χ2v) is 3.68. The van der Waals surface area contributed by atoms with Gasteiger partial charge in [-0.25, -0.2) is 18.6 Å². The molecule has 0 unspecified atom stereocenters. The molecule has 0 bridgehead atoms. The molecule has 0 atom stereocenters. The van der Waals surface area contributed by atoms with Crippen LogP contribution in [0.2, 0.25) is 0 Å². The van der Waals surface area contributed by atoms with Crippen LogP contribution in [0, 0.1) is 0 Å². The summed E-state index contributed by atoms with van der Waals surface area (Å²) in [5.74, 6) is -5.53. The maximum atomic E-state index is 12.7. The fourth-order valence-corrected chi connectivity index (χ4v) is 1.14. The van der Waals surface area contributed by atoms with E-state index >= 15 is 0 Å². The van der Waals surface area contributed by atoms with Gasteiger partial charge in [0, 0.05) is 6.07 Å². The molecule has 0 aliphatic rings. The maximum absolute atomic E-state index is 12.7. The molecule has 0 saturated carbocycles. The van der Waals surface area contributed by atoms with E-state index in [1.807, 2.05) is 0 Å². The fraction of sp³-hybridized carbons (Fsp3) is 0.455. The number of nitrogens with zero attached hydrogens (tertiary/aromatic N) is 1. The summed E-state index contributed by atoms with van der Waals surface area (Å²) >= 11 is 0. The van der Waals surface area contributed by atoms with Gasteiger partial charge in [-0.3, -0.25) is 0 Å². The number of pyridine rings is 1. The second-order valence-electron chi connectivity index (χ2n) is 3.68. The minimum absolute atomic E-state index is 0.0450. The highest BCUT2D eigenvalue weighted by atomic mass is 19.3. The second kappa shape index (κ2) is 6.40. The number of halogens is 4. The number of nitrogen functional groups attached to an aromatic ring is 1. The van der Waals surface area contributed by atoms with Crippen molar-refractivity contribution in [1.29, 1.82) is 0 Å². The molecule has 0 spiro atoms. The Labute approximate surface area is 111 Å². The van der Waals surface area contributed by atoms with Crippen molar-refractivity contribution in [2.75, 3.05) is 18.9 Å². The summed E-state index contributed by atoms with van der Waals surface area (Å²) in [6.07, 6.45) is -2.87. The summed E-state index contributed by atoms with van der Waals surface area (Å²) in [6, 6.07) is 0.953. The lowest BCUT2D eigenvalue weighted by Gasteiger charge is -2.15. The lowest BCUT2D eigenvalue weighted by molar-refractivity contribution is -0.148. The Hall–Kier alpha value is -2.06. The van der Waals surface area contributed by atoms with Gasteiger partial charge in [-0.2, -0.15) is 8.78 Å². The van der Waals surface area contributed by atoms with E-state index in [2.05, 4.69) is 14.5 Å². The lowest BCUT2D eigenvalue weighted by Crippen LogP contribution is -2.34. The van der Waals surface area contributed by atoms with Gasteiger partial charge >= 0.3 is 18.3 Å². The monoisotopic (exact) mass is 296 g/mol. The summed E-state index contributed by atoms with van der Waals surface area (Å²) in [7, 11) is 0. The molecular formula is C11H12F4N2O3. The topological polar surface area (TPSA) is 74.4 Å². The van der Waals surface area contributed by atoms with Gasteiger partial charge in [0.05, 0.1) is 24.1 Å². The molecule has 9 heteroatoms. The van der Waals surface area contributed by atoms with E-state index in [-0.39, 0.29) is 17.9 Å². The number of hydrogen-bond donors (Lipinski definition) is 1. The van der Waals surface area contributed by atoms with Crippen LogP contribution in [-0.4, -0.2) is 36.5 Å². The van der Waals surface area contributed by atoms with Crippen LogP contribution in [0.1, 0.15) is 17.3 Å². The number of rotatable bonds is 6. The minimum atomic E-state index is -4.31. The Balaban J connectivity index is 2.83.